The minimum absolute atomic E-state index is 0.0917. The second kappa shape index (κ2) is 11.3. The number of rotatable bonds is 10. The van der Waals surface area contributed by atoms with E-state index in [0.29, 0.717) is 23.4 Å². The Kier molecular flexibility index (Phi) is 8.17. The zero-order valence-corrected chi connectivity index (χ0v) is 19.9. The van der Waals surface area contributed by atoms with Crippen LogP contribution in [0.25, 0.3) is 23.0 Å². The summed E-state index contributed by atoms with van der Waals surface area (Å²) in [6, 6.07) is 14.5. The molecule has 3 aromatic rings. The first-order valence-corrected chi connectivity index (χ1v) is 11.1. The van der Waals surface area contributed by atoms with Gasteiger partial charge in [0.15, 0.2) is 0 Å². The fourth-order valence-electron chi connectivity index (χ4n) is 3.61. The number of amides is 2. The summed E-state index contributed by atoms with van der Waals surface area (Å²) < 4.78 is 5.87. The van der Waals surface area contributed by atoms with Crippen molar-refractivity contribution in [3.05, 3.63) is 87.2 Å². The van der Waals surface area contributed by atoms with Gasteiger partial charge in [0.2, 0.25) is 5.91 Å². The molecule has 0 saturated carbocycles. The number of hydrogen-bond donors (Lipinski definition) is 2. The molecule has 0 fully saturated rings. The average Bonchev–Trinajstić information content (AvgIpc) is 3.28. The quantitative estimate of drug-likeness (QED) is 0.198. The van der Waals surface area contributed by atoms with Crippen molar-refractivity contribution in [2.75, 3.05) is 27.2 Å². The molecule has 0 aliphatic heterocycles. The summed E-state index contributed by atoms with van der Waals surface area (Å²) in [5.74, 6) is -0.464. The first-order chi connectivity index (χ1) is 16.7. The lowest BCUT2D eigenvalue weighted by Crippen LogP contribution is -2.28. The maximum Gasteiger partial charge on any atom is 0.280 e. The smallest absolute Gasteiger partial charge is 0.280 e. The van der Waals surface area contributed by atoms with E-state index in [9.17, 15) is 19.7 Å². The van der Waals surface area contributed by atoms with Crippen LogP contribution in [-0.2, 0) is 4.79 Å². The highest BCUT2D eigenvalue weighted by Gasteiger charge is 2.21. The number of carbonyl (C=O) groups is 2. The number of para-hydroxylation sites is 1. The van der Waals surface area contributed by atoms with E-state index in [2.05, 4.69) is 5.32 Å². The maximum atomic E-state index is 13.2. The topological polar surface area (TPSA) is 132 Å². The first kappa shape index (κ1) is 25.4. The number of primary amides is 1. The molecule has 35 heavy (non-hydrogen) atoms. The first-order valence-electron chi connectivity index (χ1n) is 11.1. The summed E-state index contributed by atoms with van der Waals surface area (Å²) in [4.78, 5) is 38.3. The number of benzene rings is 2. The summed E-state index contributed by atoms with van der Waals surface area (Å²) in [6.07, 6.45) is 2.26. The Bertz CT molecular complexity index is 1280. The summed E-state index contributed by atoms with van der Waals surface area (Å²) in [6.45, 7) is 3.08. The van der Waals surface area contributed by atoms with Crippen LogP contribution < -0.4 is 11.1 Å². The van der Waals surface area contributed by atoms with E-state index in [1.54, 1.807) is 48.5 Å². The standard InChI is InChI=1S/C26H28N4O5/c1-17-9-11-19(25(27)31)21(15-17)22(26(32)28-13-6-14-29(2)3)16-18-10-12-24(35-18)20-7-4-5-8-23(20)30(33)34/h4-5,7-12,15-16H,6,13-14H2,1-3H3,(H2,27,31)(H,28,32). The molecule has 0 saturated heterocycles. The van der Waals surface area contributed by atoms with Gasteiger partial charge in [0.05, 0.1) is 16.1 Å². The van der Waals surface area contributed by atoms with Crippen molar-refractivity contribution in [2.45, 2.75) is 13.3 Å². The molecule has 9 nitrogen and oxygen atoms in total. The van der Waals surface area contributed by atoms with E-state index < -0.39 is 10.8 Å². The lowest BCUT2D eigenvalue weighted by atomic mass is 9.95. The van der Waals surface area contributed by atoms with Gasteiger partial charge in [0, 0.05) is 23.7 Å². The zero-order chi connectivity index (χ0) is 25.5. The van der Waals surface area contributed by atoms with Gasteiger partial charge in [-0.25, -0.2) is 0 Å². The minimum Gasteiger partial charge on any atom is -0.456 e. The lowest BCUT2D eigenvalue weighted by molar-refractivity contribution is -0.384. The molecule has 0 bridgehead atoms. The third-order valence-electron chi connectivity index (χ3n) is 5.32. The Labute approximate surface area is 203 Å². The number of carbonyl (C=O) groups excluding carboxylic acids is 2. The fraction of sp³-hybridized carbons (Fsp3) is 0.231. The van der Waals surface area contributed by atoms with E-state index in [0.717, 1.165) is 18.5 Å². The van der Waals surface area contributed by atoms with Gasteiger partial charge in [0.1, 0.15) is 11.5 Å². The van der Waals surface area contributed by atoms with Gasteiger partial charge in [-0.15, -0.1) is 0 Å². The molecule has 2 amide bonds. The number of nitrogens with two attached hydrogens (primary N) is 1. The lowest BCUT2D eigenvalue weighted by Gasteiger charge is -2.14. The van der Waals surface area contributed by atoms with Gasteiger partial charge in [-0.2, -0.15) is 0 Å². The van der Waals surface area contributed by atoms with E-state index in [-0.39, 0.29) is 28.5 Å². The molecule has 0 unspecified atom stereocenters. The molecular formula is C26H28N4O5. The molecule has 3 N–H and O–H groups in total. The molecule has 0 spiro atoms. The normalized spacial score (nSPS) is 11.5. The molecule has 0 aliphatic rings. The second-order valence-corrected chi connectivity index (χ2v) is 8.36. The van der Waals surface area contributed by atoms with E-state index in [1.165, 1.54) is 12.1 Å². The van der Waals surface area contributed by atoms with E-state index in [1.807, 2.05) is 25.9 Å². The van der Waals surface area contributed by atoms with Crippen LogP contribution in [0, 0.1) is 17.0 Å². The number of nitro groups is 1. The van der Waals surface area contributed by atoms with E-state index in [4.69, 9.17) is 10.2 Å². The molecule has 1 aromatic heterocycles. The Hall–Kier alpha value is -4.24. The van der Waals surface area contributed by atoms with Crippen LogP contribution >= 0.6 is 0 Å². The zero-order valence-electron chi connectivity index (χ0n) is 19.9. The number of nitrogens with zero attached hydrogens (tertiary/aromatic N) is 2. The maximum absolute atomic E-state index is 13.2. The SMILES string of the molecule is Cc1ccc(C(N)=O)c(C(=Cc2ccc(-c3ccccc3[N+](=O)[O-])o2)C(=O)NCCCN(C)C)c1. The number of nitrogens with one attached hydrogen (secondary N) is 1. The van der Waals surface area contributed by atoms with Gasteiger partial charge >= 0.3 is 0 Å². The van der Waals surface area contributed by atoms with Crippen LogP contribution in [0.2, 0.25) is 0 Å². The molecule has 1 heterocycles. The average molecular weight is 477 g/mol. The number of nitro benzene ring substituents is 1. The molecule has 9 heteroatoms. The summed E-state index contributed by atoms with van der Waals surface area (Å²) >= 11 is 0. The third kappa shape index (κ3) is 6.42. The van der Waals surface area contributed by atoms with Gasteiger partial charge in [0.25, 0.3) is 11.6 Å². The largest absolute Gasteiger partial charge is 0.456 e. The number of furan rings is 1. The minimum atomic E-state index is -0.661. The van der Waals surface area contributed by atoms with Gasteiger partial charge in [-0.3, -0.25) is 19.7 Å². The number of aryl methyl sites for hydroxylation is 1. The summed E-state index contributed by atoms with van der Waals surface area (Å²) in [7, 11) is 3.90. The van der Waals surface area contributed by atoms with Gasteiger partial charge in [-0.1, -0.05) is 29.8 Å². The molecule has 0 atom stereocenters. The van der Waals surface area contributed by atoms with Crippen molar-refractivity contribution in [2.24, 2.45) is 5.73 Å². The van der Waals surface area contributed by atoms with Crippen molar-refractivity contribution in [1.29, 1.82) is 0 Å². The Morgan fingerprint density at radius 1 is 1.11 bits per heavy atom. The van der Waals surface area contributed by atoms with Crippen LogP contribution in [0.1, 0.15) is 33.7 Å². The molecule has 182 valence electrons. The molecule has 2 aromatic carbocycles. The van der Waals surface area contributed by atoms with Gasteiger partial charge in [-0.05, 0) is 64.3 Å². The molecule has 0 radical (unpaired) electrons. The highest BCUT2D eigenvalue weighted by Crippen LogP contribution is 2.32. The third-order valence-corrected chi connectivity index (χ3v) is 5.32. The number of hydrogen-bond acceptors (Lipinski definition) is 6. The van der Waals surface area contributed by atoms with Crippen molar-refractivity contribution in [3.63, 3.8) is 0 Å². The van der Waals surface area contributed by atoms with Crippen LogP contribution in [0.3, 0.4) is 0 Å². The van der Waals surface area contributed by atoms with Crippen LogP contribution in [0.15, 0.2) is 59.0 Å². The molecule has 0 aliphatic carbocycles. The Balaban J connectivity index is 2.03. The van der Waals surface area contributed by atoms with Crippen molar-refractivity contribution in [3.8, 4) is 11.3 Å². The molecular weight excluding hydrogens is 448 g/mol. The molecule has 3 rings (SSSR count). The second-order valence-electron chi connectivity index (χ2n) is 8.36. The predicted molar refractivity (Wildman–Crippen MR) is 135 cm³/mol. The van der Waals surface area contributed by atoms with E-state index >= 15 is 0 Å². The monoisotopic (exact) mass is 476 g/mol. The Morgan fingerprint density at radius 2 is 1.86 bits per heavy atom. The summed E-state index contributed by atoms with van der Waals surface area (Å²) in [5.41, 5.74) is 7.45. The van der Waals surface area contributed by atoms with Crippen LogP contribution in [0.4, 0.5) is 5.69 Å². The van der Waals surface area contributed by atoms with Crippen molar-refractivity contribution >= 4 is 29.2 Å². The van der Waals surface area contributed by atoms with Gasteiger partial charge < -0.3 is 20.4 Å². The predicted octanol–water partition coefficient (Wildman–Crippen LogP) is 3.87. The van der Waals surface area contributed by atoms with Crippen LogP contribution in [0.5, 0.6) is 0 Å². The highest BCUT2D eigenvalue weighted by atomic mass is 16.6. The highest BCUT2D eigenvalue weighted by molar-refractivity contribution is 6.26. The summed E-state index contributed by atoms with van der Waals surface area (Å²) in [5, 5.41) is 14.3. The fourth-order valence-corrected chi connectivity index (χ4v) is 3.61. The van der Waals surface area contributed by atoms with Crippen LogP contribution in [-0.4, -0.2) is 48.8 Å². The van der Waals surface area contributed by atoms with Crippen molar-refractivity contribution in [1.82, 2.24) is 10.2 Å². The Morgan fingerprint density at radius 3 is 2.54 bits per heavy atom. The van der Waals surface area contributed by atoms with Crippen molar-refractivity contribution < 1.29 is 18.9 Å².